The van der Waals surface area contributed by atoms with Crippen molar-refractivity contribution in [2.45, 2.75) is 9.10 Å². The molecule has 9 heteroatoms. The maximum Gasteiger partial charge on any atom is 0.371 e. The van der Waals surface area contributed by atoms with Crippen LogP contribution in [0.1, 0.15) is 9.67 Å². The number of aliphatic hydroxyl groups is 1. The van der Waals surface area contributed by atoms with E-state index < -0.39 is 27.3 Å². The van der Waals surface area contributed by atoms with E-state index in [1.165, 1.54) is 36.4 Å². The Kier molecular flexibility index (Phi) is 4.88. The van der Waals surface area contributed by atoms with E-state index in [-0.39, 0.29) is 14.0 Å². The lowest BCUT2D eigenvalue weighted by Gasteiger charge is -2.01. The third kappa shape index (κ3) is 3.79. The molecule has 1 aromatic heterocycles. The summed E-state index contributed by atoms with van der Waals surface area (Å²) in [5.74, 6) is -3.57. The quantitative estimate of drug-likeness (QED) is 0.474. The highest BCUT2D eigenvalue weighted by molar-refractivity contribution is 7.93. The summed E-state index contributed by atoms with van der Waals surface area (Å²) in [6, 6.07) is 8.04. The van der Waals surface area contributed by atoms with E-state index in [0.29, 0.717) is 22.4 Å². The third-order valence-corrected chi connectivity index (χ3v) is 6.31. The molecule has 0 unspecified atom stereocenters. The van der Waals surface area contributed by atoms with Crippen molar-refractivity contribution in [2.24, 2.45) is 0 Å². The molecule has 0 spiro atoms. The van der Waals surface area contributed by atoms with Gasteiger partial charge in [0.2, 0.25) is 15.6 Å². The molecule has 0 amide bonds. The number of thiophene rings is 1. The topological polar surface area (TPSA) is 109 Å². The van der Waals surface area contributed by atoms with E-state index in [1.54, 1.807) is 0 Å². The fourth-order valence-electron chi connectivity index (χ4n) is 1.58. The lowest BCUT2D eigenvalue weighted by atomic mass is 10.3. The number of allylic oxidation sites excluding steroid dienone is 1. The zero-order valence-corrected chi connectivity index (χ0v) is 13.7. The van der Waals surface area contributed by atoms with Gasteiger partial charge in [0.1, 0.15) is 4.21 Å². The summed E-state index contributed by atoms with van der Waals surface area (Å²) in [7, 11) is -3.81. The number of carbonyl (C=O) groups is 2. The van der Waals surface area contributed by atoms with Crippen LogP contribution in [-0.2, 0) is 14.6 Å². The predicted octanol–water partition coefficient (Wildman–Crippen LogP) is 2.94. The fraction of sp³-hybridized carbons (Fsp3) is 0. The third-order valence-electron chi connectivity index (χ3n) is 2.70. The number of rotatable bonds is 5. The highest BCUT2D eigenvalue weighted by atomic mass is 35.5. The van der Waals surface area contributed by atoms with Crippen LogP contribution in [0.4, 0.5) is 0 Å². The molecule has 0 radical (unpaired) electrons. The van der Waals surface area contributed by atoms with Gasteiger partial charge in [-0.25, -0.2) is 13.2 Å². The average Bonchev–Trinajstić information content (AvgIpc) is 2.98. The monoisotopic (exact) mass is 372 g/mol. The lowest BCUT2D eigenvalue weighted by molar-refractivity contribution is -0.135. The summed E-state index contributed by atoms with van der Waals surface area (Å²) in [6.07, 6.45) is 0.521. The predicted molar refractivity (Wildman–Crippen MR) is 83.9 cm³/mol. The molecular weight excluding hydrogens is 364 g/mol. The molecule has 0 atom stereocenters. The van der Waals surface area contributed by atoms with Gasteiger partial charge in [0.25, 0.3) is 0 Å². The zero-order valence-electron chi connectivity index (χ0n) is 11.3. The molecule has 0 aliphatic heterocycles. The summed E-state index contributed by atoms with van der Waals surface area (Å²) in [6.45, 7) is 0. The average molecular weight is 373 g/mol. The van der Waals surface area contributed by atoms with Crippen molar-refractivity contribution in [3.63, 3.8) is 0 Å². The Bertz CT molecular complexity index is 894. The van der Waals surface area contributed by atoms with Crippen molar-refractivity contribution in [1.82, 2.24) is 0 Å². The van der Waals surface area contributed by atoms with Gasteiger partial charge >= 0.3 is 5.97 Å². The molecule has 2 aromatic rings. The molecular formula is C14H9ClO6S2. The van der Waals surface area contributed by atoms with E-state index in [4.69, 9.17) is 21.8 Å². The van der Waals surface area contributed by atoms with Crippen molar-refractivity contribution in [3.8, 4) is 0 Å². The molecule has 2 N–H and O–H groups in total. The van der Waals surface area contributed by atoms with E-state index in [2.05, 4.69) is 0 Å². The van der Waals surface area contributed by atoms with Crippen LogP contribution in [0, 0.1) is 0 Å². The first-order valence-corrected chi connectivity index (χ1v) is 8.68. The van der Waals surface area contributed by atoms with Gasteiger partial charge in [-0.3, -0.25) is 4.79 Å². The van der Waals surface area contributed by atoms with Crippen LogP contribution in [0.5, 0.6) is 0 Å². The molecule has 0 saturated heterocycles. The lowest BCUT2D eigenvalue weighted by Crippen LogP contribution is -2.02. The number of hydrogen-bond acceptors (Lipinski definition) is 6. The summed E-state index contributed by atoms with van der Waals surface area (Å²) >= 11 is 6.39. The molecule has 0 saturated carbocycles. The molecule has 0 aliphatic rings. The summed E-state index contributed by atoms with van der Waals surface area (Å²) < 4.78 is 24.7. The Labute approximate surface area is 140 Å². The summed E-state index contributed by atoms with van der Waals surface area (Å²) in [5.41, 5.74) is 0. The van der Waals surface area contributed by atoms with E-state index in [1.807, 2.05) is 0 Å². The molecule has 0 aliphatic carbocycles. The van der Waals surface area contributed by atoms with Gasteiger partial charge in [0.15, 0.2) is 5.78 Å². The van der Waals surface area contributed by atoms with Gasteiger partial charge in [-0.2, -0.15) is 0 Å². The van der Waals surface area contributed by atoms with Gasteiger partial charge in [0, 0.05) is 11.1 Å². The largest absolute Gasteiger partial charge is 0.502 e. The summed E-state index contributed by atoms with van der Waals surface area (Å²) in [4.78, 5) is 22.3. The normalized spacial score (nSPS) is 12.1. The molecule has 6 nitrogen and oxygen atoms in total. The van der Waals surface area contributed by atoms with E-state index in [9.17, 15) is 18.0 Å². The Hall–Kier alpha value is -2.16. The van der Waals surface area contributed by atoms with Crippen LogP contribution in [0.25, 0.3) is 0 Å². The highest BCUT2D eigenvalue weighted by Crippen LogP contribution is 2.29. The van der Waals surface area contributed by atoms with Gasteiger partial charge in [-0.1, -0.05) is 11.6 Å². The molecule has 0 bridgehead atoms. The minimum Gasteiger partial charge on any atom is -0.502 e. The molecule has 0 fully saturated rings. The number of aliphatic hydroxyl groups excluding tert-OH is 1. The number of carbonyl (C=O) groups excluding carboxylic acids is 1. The highest BCUT2D eigenvalue weighted by Gasteiger charge is 2.21. The second kappa shape index (κ2) is 6.53. The number of ketones is 1. The van der Waals surface area contributed by atoms with Gasteiger partial charge in [0.05, 0.1) is 9.77 Å². The van der Waals surface area contributed by atoms with Crippen LogP contribution in [0.2, 0.25) is 5.02 Å². The molecule has 120 valence electrons. The Morgan fingerprint density at radius 1 is 1.04 bits per heavy atom. The Morgan fingerprint density at radius 3 is 2.22 bits per heavy atom. The first kappa shape index (κ1) is 17.2. The second-order valence-electron chi connectivity index (χ2n) is 4.28. The van der Waals surface area contributed by atoms with Crippen molar-refractivity contribution < 1.29 is 28.2 Å². The van der Waals surface area contributed by atoms with Crippen molar-refractivity contribution in [1.29, 1.82) is 0 Å². The SMILES string of the molecule is O=C(O)/C(O)=C/C(=O)c1ccc(S(=O)(=O)c2ccc(Cl)cc2)s1. The van der Waals surface area contributed by atoms with E-state index in [0.717, 1.165) is 0 Å². The maximum atomic E-state index is 12.4. The van der Waals surface area contributed by atoms with Gasteiger partial charge in [-0.05, 0) is 36.4 Å². The number of benzene rings is 1. The van der Waals surface area contributed by atoms with Crippen LogP contribution in [0.3, 0.4) is 0 Å². The fourth-order valence-corrected chi connectivity index (χ4v) is 4.33. The first-order valence-electron chi connectivity index (χ1n) is 6.00. The van der Waals surface area contributed by atoms with Gasteiger partial charge in [-0.15, -0.1) is 11.3 Å². The molecule has 1 heterocycles. The Balaban J connectivity index is 2.35. The number of hydrogen-bond donors (Lipinski definition) is 2. The standard InChI is InChI=1S/C14H9ClO6S2/c15-8-1-3-9(4-2-8)23(20,21)13-6-5-12(22-13)10(16)7-11(17)14(18)19/h1-7,17H,(H,18,19)/b11-7-. The number of sulfone groups is 1. The van der Waals surface area contributed by atoms with Crippen molar-refractivity contribution >= 4 is 44.5 Å². The first-order chi connectivity index (χ1) is 10.7. The number of carboxylic acids is 1. The van der Waals surface area contributed by atoms with Crippen LogP contribution < -0.4 is 0 Å². The van der Waals surface area contributed by atoms with Crippen molar-refractivity contribution in [3.05, 3.63) is 58.1 Å². The van der Waals surface area contributed by atoms with Gasteiger partial charge < -0.3 is 10.2 Å². The van der Waals surface area contributed by atoms with Crippen LogP contribution in [-0.4, -0.2) is 30.4 Å². The molecule has 2 rings (SSSR count). The number of halogens is 1. The van der Waals surface area contributed by atoms with Crippen LogP contribution in [0.15, 0.2) is 57.3 Å². The number of carboxylic acid groups (broad SMARTS) is 1. The minimum atomic E-state index is -3.81. The second-order valence-corrected chi connectivity index (χ2v) is 7.97. The molecule has 23 heavy (non-hydrogen) atoms. The smallest absolute Gasteiger partial charge is 0.371 e. The Morgan fingerprint density at radius 2 is 1.65 bits per heavy atom. The van der Waals surface area contributed by atoms with Crippen molar-refractivity contribution in [2.75, 3.05) is 0 Å². The number of aliphatic carboxylic acids is 1. The zero-order chi connectivity index (χ0) is 17.2. The van der Waals surface area contributed by atoms with E-state index >= 15 is 0 Å². The molecule has 1 aromatic carbocycles. The summed E-state index contributed by atoms with van der Waals surface area (Å²) in [5, 5.41) is 17.9. The maximum absolute atomic E-state index is 12.4. The van der Waals surface area contributed by atoms with Crippen LogP contribution >= 0.6 is 22.9 Å². The minimum absolute atomic E-state index is 0.00895.